The second-order valence-corrected chi connectivity index (χ2v) is 5.23. The molecular formula is C13H13BrN2O. The van der Waals surface area contributed by atoms with Crippen molar-refractivity contribution in [2.45, 2.75) is 31.2 Å². The second-order valence-electron chi connectivity index (χ2n) is 4.32. The predicted molar refractivity (Wildman–Crippen MR) is 68.3 cm³/mol. The fourth-order valence-corrected chi connectivity index (χ4v) is 2.36. The molecule has 0 heterocycles. The van der Waals surface area contributed by atoms with E-state index in [-0.39, 0.29) is 18.4 Å². The molecule has 1 aromatic rings. The summed E-state index contributed by atoms with van der Waals surface area (Å²) in [4.78, 5) is 11.2. The first-order chi connectivity index (χ1) is 8.19. The van der Waals surface area contributed by atoms with Gasteiger partial charge in [0.25, 0.3) is 0 Å². The molecule has 1 aromatic carbocycles. The molecule has 0 spiro atoms. The molecule has 0 atom stereocenters. The van der Waals surface area contributed by atoms with Crippen LogP contribution in [-0.4, -0.2) is 11.9 Å². The average Bonchev–Trinajstić information content (AvgIpc) is 2.25. The molecule has 1 aliphatic rings. The van der Waals surface area contributed by atoms with Crippen LogP contribution in [0.15, 0.2) is 28.7 Å². The number of nitrogens with zero attached hydrogens (tertiary/aromatic N) is 1. The lowest BCUT2D eigenvalue weighted by Crippen LogP contribution is -2.43. The summed E-state index contributed by atoms with van der Waals surface area (Å²) in [6.45, 7) is 0. The predicted octanol–water partition coefficient (Wildman–Crippen LogP) is 2.72. The number of benzene rings is 1. The van der Waals surface area contributed by atoms with Crippen LogP contribution in [0.25, 0.3) is 0 Å². The highest BCUT2D eigenvalue weighted by Crippen LogP contribution is 2.37. The number of carbonyl (C=O) groups is 1. The van der Waals surface area contributed by atoms with E-state index in [1.165, 1.54) is 5.56 Å². The molecular weight excluding hydrogens is 280 g/mol. The van der Waals surface area contributed by atoms with E-state index in [1.54, 1.807) is 0 Å². The maximum Gasteiger partial charge on any atom is 0.234 e. The van der Waals surface area contributed by atoms with Crippen LogP contribution >= 0.6 is 15.9 Å². The highest BCUT2D eigenvalue weighted by atomic mass is 79.9. The first kappa shape index (κ1) is 12.1. The largest absolute Gasteiger partial charge is 0.352 e. The Balaban J connectivity index is 1.81. The SMILES string of the molecule is N#CCC(=O)NC1CC(c2ccc(Br)cc2)C1. The third kappa shape index (κ3) is 3.07. The zero-order valence-electron chi connectivity index (χ0n) is 9.32. The minimum Gasteiger partial charge on any atom is -0.352 e. The number of hydrogen-bond acceptors (Lipinski definition) is 2. The van der Waals surface area contributed by atoms with E-state index in [0.717, 1.165) is 17.3 Å². The third-order valence-electron chi connectivity index (χ3n) is 3.08. The van der Waals surface area contributed by atoms with Crippen LogP contribution in [0.1, 0.15) is 30.7 Å². The molecule has 1 saturated carbocycles. The van der Waals surface area contributed by atoms with Crippen molar-refractivity contribution in [2.24, 2.45) is 0 Å². The van der Waals surface area contributed by atoms with Gasteiger partial charge in [0.2, 0.25) is 5.91 Å². The van der Waals surface area contributed by atoms with Gasteiger partial charge in [0.15, 0.2) is 0 Å². The van der Waals surface area contributed by atoms with Crippen molar-refractivity contribution < 1.29 is 4.79 Å². The molecule has 1 aliphatic carbocycles. The van der Waals surface area contributed by atoms with Crippen molar-refractivity contribution in [3.8, 4) is 6.07 Å². The van der Waals surface area contributed by atoms with Crippen LogP contribution in [0.4, 0.5) is 0 Å². The Bertz CT molecular complexity index is 443. The first-order valence-electron chi connectivity index (χ1n) is 5.61. The van der Waals surface area contributed by atoms with Gasteiger partial charge in [-0.1, -0.05) is 28.1 Å². The average molecular weight is 293 g/mol. The van der Waals surface area contributed by atoms with Gasteiger partial charge in [-0.25, -0.2) is 0 Å². The molecule has 0 bridgehead atoms. The fourth-order valence-electron chi connectivity index (χ4n) is 2.09. The summed E-state index contributed by atoms with van der Waals surface area (Å²) in [6.07, 6.45) is 1.90. The van der Waals surface area contributed by atoms with Gasteiger partial charge < -0.3 is 5.32 Å². The molecule has 0 aliphatic heterocycles. The van der Waals surface area contributed by atoms with Gasteiger partial charge in [0.1, 0.15) is 6.42 Å². The van der Waals surface area contributed by atoms with Crippen molar-refractivity contribution in [3.63, 3.8) is 0 Å². The number of hydrogen-bond donors (Lipinski definition) is 1. The maximum absolute atomic E-state index is 11.2. The van der Waals surface area contributed by atoms with Gasteiger partial charge >= 0.3 is 0 Å². The van der Waals surface area contributed by atoms with Crippen LogP contribution in [0, 0.1) is 11.3 Å². The number of nitriles is 1. The maximum atomic E-state index is 11.2. The van der Waals surface area contributed by atoms with Gasteiger partial charge in [0.05, 0.1) is 6.07 Å². The normalized spacial score (nSPS) is 22.4. The van der Waals surface area contributed by atoms with Crippen molar-refractivity contribution in [1.82, 2.24) is 5.32 Å². The Labute approximate surface area is 109 Å². The number of nitrogens with one attached hydrogen (secondary N) is 1. The summed E-state index contributed by atoms with van der Waals surface area (Å²) < 4.78 is 1.08. The van der Waals surface area contributed by atoms with Gasteiger partial charge in [0, 0.05) is 10.5 Å². The summed E-state index contributed by atoms with van der Waals surface area (Å²) in [5.41, 5.74) is 1.32. The molecule has 1 N–H and O–H groups in total. The summed E-state index contributed by atoms with van der Waals surface area (Å²) in [7, 11) is 0. The third-order valence-corrected chi connectivity index (χ3v) is 3.61. The molecule has 0 saturated heterocycles. The van der Waals surface area contributed by atoms with Crippen molar-refractivity contribution in [3.05, 3.63) is 34.3 Å². The molecule has 2 rings (SSSR count). The van der Waals surface area contributed by atoms with E-state index in [4.69, 9.17) is 5.26 Å². The molecule has 88 valence electrons. The second kappa shape index (κ2) is 5.33. The zero-order valence-corrected chi connectivity index (χ0v) is 10.9. The van der Waals surface area contributed by atoms with Crippen LogP contribution in [0.5, 0.6) is 0 Å². The summed E-state index contributed by atoms with van der Waals surface area (Å²) in [5.74, 6) is 0.377. The van der Waals surface area contributed by atoms with E-state index in [2.05, 4.69) is 33.4 Å². The minimum absolute atomic E-state index is 0.0422. The standard InChI is InChI=1S/C13H13BrN2O/c14-11-3-1-9(2-4-11)10-7-12(8-10)16-13(17)5-6-15/h1-4,10,12H,5,7-8H2,(H,16,17). The number of carbonyl (C=O) groups excluding carboxylic acids is 1. The van der Waals surface area contributed by atoms with Crippen molar-refractivity contribution >= 4 is 21.8 Å². The van der Waals surface area contributed by atoms with E-state index < -0.39 is 0 Å². The fraction of sp³-hybridized carbons (Fsp3) is 0.385. The van der Waals surface area contributed by atoms with Crippen molar-refractivity contribution in [1.29, 1.82) is 5.26 Å². The van der Waals surface area contributed by atoms with Crippen LogP contribution in [-0.2, 0) is 4.79 Å². The Morgan fingerprint density at radius 2 is 2.06 bits per heavy atom. The zero-order chi connectivity index (χ0) is 12.3. The Kier molecular flexibility index (Phi) is 3.80. The van der Waals surface area contributed by atoms with Crippen LogP contribution < -0.4 is 5.32 Å². The Morgan fingerprint density at radius 1 is 1.41 bits per heavy atom. The minimum atomic E-state index is -0.160. The summed E-state index contributed by atoms with van der Waals surface area (Å²) in [5, 5.41) is 11.2. The van der Waals surface area contributed by atoms with Crippen molar-refractivity contribution in [2.75, 3.05) is 0 Å². The topological polar surface area (TPSA) is 52.9 Å². The van der Waals surface area contributed by atoms with Gasteiger partial charge in [-0.2, -0.15) is 5.26 Å². The lowest BCUT2D eigenvalue weighted by molar-refractivity contribution is -0.121. The first-order valence-corrected chi connectivity index (χ1v) is 6.40. The molecule has 0 radical (unpaired) electrons. The molecule has 1 amide bonds. The van der Waals surface area contributed by atoms with Gasteiger partial charge in [-0.15, -0.1) is 0 Å². The van der Waals surface area contributed by atoms with E-state index >= 15 is 0 Å². The Hall–Kier alpha value is -1.34. The monoisotopic (exact) mass is 292 g/mol. The quantitative estimate of drug-likeness (QED) is 0.931. The van der Waals surface area contributed by atoms with Crippen LogP contribution in [0.3, 0.4) is 0 Å². The highest BCUT2D eigenvalue weighted by molar-refractivity contribution is 9.10. The molecule has 3 nitrogen and oxygen atoms in total. The van der Waals surface area contributed by atoms with Gasteiger partial charge in [-0.05, 0) is 36.5 Å². The smallest absolute Gasteiger partial charge is 0.234 e. The van der Waals surface area contributed by atoms with Crippen LogP contribution in [0.2, 0.25) is 0 Å². The number of rotatable bonds is 3. The number of amides is 1. The molecule has 4 heteroatoms. The van der Waals surface area contributed by atoms with E-state index in [1.807, 2.05) is 18.2 Å². The van der Waals surface area contributed by atoms with E-state index in [9.17, 15) is 4.79 Å². The van der Waals surface area contributed by atoms with E-state index in [0.29, 0.717) is 5.92 Å². The summed E-state index contributed by atoms with van der Waals surface area (Å²) >= 11 is 3.41. The highest BCUT2D eigenvalue weighted by Gasteiger charge is 2.31. The molecule has 0 aromatic heterocycles. The Morgan fingerprint density at radius 3 is 2.65 bits per heavy atom. The molecule has 17 heavy (non-hydrogen) atoms. The van der Waals surface area contributed by atoms with Gasteiger partial charge in [-0.3, -0.25) is 4.79 Å². The lowest BCUT2D eigenvalue weighted by Gasteiger charge is -2.36. The lowest BCUT2D eigenvalue weighted by atomic mass is 9.76. The number of halogens is 1. The molecule has 0 unspecified atom stereocenters. The summed E-state index contributed by atoms with van der Waals surface area (Å²) in [6, 6.07) is 10.4. The molecule has 1 fully saturated rings.